The molecule has 0 aliphatic carbocycles. The van der Waals surface area contributed by atoms with E-state index in [1.165, 1.54) is 85.7 Å². The predicted molar refractivity (Wildman–Crippen MR) is 221 cm³/mol. The second kappa shape index (κ2) is 11.0. The van der Waals surface area contributed by atoms with Crippen LogP contribution in [0.25, 0.3) is 80.0 Å². The summed E-state index contributed by atoms with van der Waals surface area (Å²) in [6.07, 6.45) is 0. The normalized spacial score (nSPS) is 11.9. The van der Waals surface area contributed by atoms with Crippen molar-refractivity contribution in [3.8, 4) is 5.69 Å². The van der Waals surface area contributed by atoms with Crippen LogP contribution in [0.4, 0.5) is 17.1 Å². The van der Waals surface area contributed by atoms with E-state index in [1.807, 2.05) is 11.3 Å². The molecule has 2 heterocycles. The van der Waals surface area contributed by atoms with Gasteiger partial charge in [0.2, 0.25) is 0 Å². The fourth-order valence-corrected chi connectivity index (χ4v) is 9.52. The zero-order valence-corrected chi connectivity index (χ0v) is 28.4. The molecule has 11 aromatic rings. The highest BCUT2D eigenvalue weighted by Crippen LogP contribution is 2.48. The molecule has 0 radical (unpaired) electrons. The average Bonchev–Trinajstić information content (AvgIpc) is 3.74. The number of thiophene rings is 1. The van der Waals surface area contributed by atoms with Crippen molar-refractivity contribution in [2.24, 2.45) is 0 Å². The van der Waals surface area contributed by atoms with Crippen LogP contribution in [-0.4, -0.2) is 4.57 Å². The van der Waals surface area contributed by atoms with Crippen LogP contribution in [0.1, 0.15) is 0 Å². The fourth-order valence-electron chi connectivity index (χ4n) is 8.31. The Morgan fingerprint density at radius 2 is 1.06 bits per heavy atom. The highest BCUT2D eigenvalue weighted by molar-refractivity contribution is 7.26. The summed E-state index contributed by atoms with van der Waals surface area (Å²) in [6.45, 7) is 0. The van der Waals surface area contributed by atoms with Crippen molar-refractivity contribution in [3.05, 3.63) is 182 Å². The van der Waals surface area contributed by atoms with Crippen molar-refractivity contribution in [1.82, 2.24) is 4.57 Å². The molecule has 2 aromatic heterocycles. The van der Waals surface area contributed by atoms with Crippen LogP contribution in [0.5, 0.6) is 0 Å². The second-order valence-electron chi connectivity index (χ2n) is 13.3. The molecule has 9 aromatic carbocycles. The first-order valence-corrected chi connectivity index (χ1v) is 18.3. The lowest BCUT2D eigenvalue weighted by atomic mass is 9.95. The third-order valence-electron chi connectivity index (χ3n) is 10.5. The van der Waals surface area contributed by atoms with E-state index in [2.05, 4.69) is 191 Å². The van der Waals surface area contributed by atoms with Crippen LogP contribution in [0, 0.1) is 0 Å². The molecule has 0 atom stereocenters. The van der Waals surface area contributed by atoms with Gasteiger partial charge in [-0.2, -0.15) is 0 Å². The summed E-state index contributed by atoms with van der Waals surface area (Å²) in [7, 11) is 0. The number of fused-ring (bicyclic) bond motifs is 11. The number of rotatable bonds is 4. The number of para-hydroxylation sites is 2. The zero-order chi connectivity index (χ0) is 33.5. The molecule has 2 nitrogen and oxygen atoms in total. The van der Waals surface area contributed by atoms with Crippen molar-refractivity contribution in [2.75, 3.05) is 4.90 Å². The largest absolute Gasteiger partial charge is 0.309 e. The van der Waals surface area contributed by atoms with Gasteiger partial charge in [0.05, 0.1) is 27.1 Å². The Hall–Kier alpha value is -6.42. The lowest BCUT2D eigenvalue weighted by Gasteiger charge is -2.28. The van der Waals surface area contributed by atoms with Gasteiger partial charge in [0, 0.05) is 43.0 Å². The maximum absolute atomic E-state index is 2.52. The molecule has 0 fully saturated rings. The second-order valence-corrected chi connectivity index (χ2v) is 14.4. The number of aromatic nitrogens is 1. The van der Waals surface area contributed by atoms with Gasteiger partial charge in [-0.1, -0.05) is 127 Å². The summed E-state index contributed by atoms with van der Waals surface area (Å²) in [4.78, 5) is 2.52. The Bertz CT molecular complexity index is 3150. The van der Waals surface area contributed by atoms with Crippen LogP contribution in [0.3, 0.4) is 0 Å². The van der Waals surface area contributed by atoms with Gasteiger partial charge >= 0.3 is 0 Å². The topological polar surface area (TPSA) is 8.17 Å². The van der Waals surface area contributed by atoms with Crippen LogP contribution < -0.4 is 4.90 Å². The van der Waals surface area contributed by atoms with E-state index in [-0.39, 0.29) is 0 Å². The predicted octanol–water partition coefficient (Wildman–Crippen LogP) is 14.1. The van der Waals surface area contributed by atoms with Crippen molar-refractivity contribution >= 4 is 103 Å². The Morgan fingerprint density at radius 3 is 1.98 bits per heavy atom. The monoisotopic (exact) mass is 666 g/mol. The number of nitrogens with zero attached hydrogens (tertiary/aromatic N) is 2. The molecule has 0 saturated heterocycles. The molecule has 0 saturated carbocycles. The molecule has 0 N–H and O–H groups in total. The first-order chi connectivity index (χ1) is 25.3. The highest BCUT2D eigenvalue weighted by Gasteiger charge is 2.22. The summed E-state index contributed by atoms with van der Waals surface area (Å²) in [5.74, 6) is 0. The summed E-state index contributed by atoms with van der Waals surface area (Å²) in [5.41, 5.74) is 7.05. The smallest absolute Gasteiger partial charge is 0.0640 e. The SMILES string of the molecule is c1ccc(-n2c3ccccc3c3cc(N(c4cccc5c4sc4ccccc45)c4cccc5ccc6c7ccccc7ccc6c45)ccc32)cc1. The zero-order valence-electron chi connectivity index (χ0n) is 27.6. The molecule has 0 aliphatic heterocycles. The van der Waals surface area contributed by atoms with Gasteiger partial charge in [0.25, 0.3) is 0 Å². The number of hydrogen-bond acceptors (Lipinski definition) is 2. The van der Waals surface area contributed by atoms with Gasteiger partial charge in [-0.05, 0) is 81.5 Å². The molecule has 0 unspecified atom stereocenters. The van der Waals surface area contributed by atoms with Crippen LogP contribution in [0.2, 0.25) is 0 Å². The van der Waals surface area contributed by atoms with Crippen molar-refractivity contribution in [3.63, 3.8) is 0 Å². The maximum atomic E-state index is 2.52. The molecule has 0 bridgehead atoms. The first kappa shape index (κ1) is 28.4. The summed E-state index contributed by atoms with van der Waals surface area (Å²) in [6, 6.07) is 66.8. The van der Waals surface area contributed by atoms with E-state index in [0.29, 0.717) is 0 Å². The lowest BCUT2D eigenvalue weighted by molar-refractivity contribution is 1.18. The molecule has 3 heteroatoms. The maximum Gasteiger partial charge on any atom is 0.0640 e. The number of benzene rings is 9. The lowest BCUT2D eigenvalue weighted by Crippen LogP contribution is -2.11. The molecule has 0 amide bonds. The van der Waals surface area contributed by atoms with E-state index in [1.54, 1.807) is 0 Å². The van der Waals surface area contributed by atoms with Crippen molar-refractivity contribution in [1.29, 1.82) is 0 Å². The quantitative estimate of drug-likeness (QED) is 0.170. The van der Waals surface area contributed by atoms with Crippen LogP contribution in [-0.2, 0) is 0 Å². The first-order valence-electron chi connectivity index (χ1n) is 17.4. The fraction of sp³-hybridized carbons (Fsp3) is 0. The molecule has 11 rings (SSSR count). The van der Waals surface area contributed by atoms with Crippen molar-refractivity contribution in [2.45, 2.75) is 0 Å². The van der Waals surface area contributed by atoms with E-state index in [0.717, 1.165) is 11.4 Å². The number of anilines is 3. The third-order valence-corrected chi connectivity index (χ3v) is 11.7. The minimum absolute atomic E-state index is 1.13. The Balaban J connectivity index is 1.26. The van der Waals surface area contributed by atoms with Crippen molar-refractivity contribution < 1.29 is 0 Å². The summed E-state index contributed by atoms with van der Waals surface area (Å²) in [5, 5.41) is 12.6. The molecule has 0 spiro atoms. The van der Waals surface area contributed by atoms with E-state index in [9.17, 15) is 0 Å². The minimum Gasteiger partial charge on any atom is -0.309 e. The van der Waals surface area contributed by atoms with Gasteiger partial charge in [0.1, 0.15) is 0 Å². The molecule has 51 heavy (non-hydrogen) atoms. The van der Waals surface area contributed by atoms with Crippen LogP contribution >= 0.6 is 11.3 Å². The Kier molecular flexibility index (Phi) is 6.16. The van der Waals surface area contributed by atoms with Gasteiger partial charge in [-0.15, -0.1) is 11.3 Å². The molecular formula is C48H30N2S. The van der Waals surface area contributed by atoms with E-state index in [4.69, 9.17) is 0 Å². The number of hydrogen-bond donors (Lipinski definition) is 0. The highest BCUT2D eigenvalue weighted by atomic mass is 32.1. The Morgan fingerprint density at radius 1 is 0.392 bits per heavy atom. The minimum atomic E-state index is 1.13. The van der Waals surface area contributed by atoms with Gasteiger partial charge in [-0.25, -0.2) is 0 Å². The molecular weight excluding hydrogens is 637 g/mol. The van der Waals surface area contributed by atoms with Gasteiger partial charge in [-0.3, -0.25) is 0 Å². The summed E-state index contributed by atoms with van der Waals surface area (Å²) < 4.78 is 4.98. The third kappa shape index (κ3) is 4.22. The van der Waals surface area contributed by atoms with E-state index < -0.39 is 0 Å². The molecule has 0 aliphatic rings. The summed E-state index contributed by atoms with van der Waals surface area (Å²) >= 11 is 1.88. The van der Waals surface area contributed by atoms with E-state index >= 15 is 0 Å². The molecule has 238 valence electrons. The van der Waals surface area contributed by atoms with Gasteiger partial charge < -0.3 is 9.47 Å². The average molecular weight is 667 g/mol. The van der Waals surface area contributed by atoms with Gasteiger partial charge in [0.15, 0.2) is 0 Å². The van der Waals surface area contributed by atoms with Crippen LogP contribution in [0.15, 0.2) is 182 Å². The Labute approximate surface area is 298 Å². The standard InChI is InChI=1S/C48H30N2S/c1-2-14-33(15-3-1)49-42-20-8-6-17-37(42)41-30-34(26-29-43(41)49)50(45-22-11-19-40-38-18-7-9-23-46(38)51-48(40)45)44-21-10-13-32-25-27-36-35-16-5-4-12-31(35)24-28-39(36)47(32)44/h1-30H.